The van der Waals surface area contributed by atoms with E-state index in [1.165, 1.54) is 11.3 Å². The maximum absolute atomic E-state index is 12.5. The summed E-state index contributed by atoms with van der Waals surface area (Å²) < 4.78 is 29.8. The predicted octanol–water partition coefficient (Wildman–Crippen LogP) is 1.71. The summed E-state index contributed by atoms with van der Waals surface area (Å²) in [6.07, 6.45) is 3.71. The zero-order valence-electron chi connectivity index (χ0n) is 11.9. The van der Waals surface area contributed by atoms with Gasteiger partial charge in [-0.1, -0.05) is 0 Å². The van der Waals surface area contributed by atoms with Crippen molar-refractivity contribution < 1.29 is 8.42 Å². The van der Waals surface area contributed by atoms with Crippen LogP contribution in [0, 0.1) is 0 Å². The second-order valence-corrected chi connectivity index (χ2v) is 9.70. The Morgan fingerprint density at radius 3 is 2.55 bits per heavy atom. The quantitative estimate of drug-likeness (QED) is 0.760. The molecule has 0 aromatic carbocycles. The first-order valence-corrected chi connectivity index (χ1v) is 10.1. The molecule has 22 heavy (non-hydrogen) atoms. The molecule has 1 aliphatic rings. The van der Waals surface area contributed by atoms with Crippen molar-refractivity contribution in [1.29, 1.82) is 0 Å². The number of sulfonamides is 1. The van der Waals surface area contributed by atoms with Crippen molar-refractivity contribution >= 4 is 37.3 Å². The zero-order valence-corrected chi connectivity index (χ0v) is 15.1. The Bertz CT molecular complexity index is 706. The lowest BCUT2D eigenvalue weighted by atomic mass is 10.3. The van der Waals surface area contributed by atoms with Crippen LogP contribution in [0.25, 0.3) is 0 Å². The molecule has 1 saturated heterocycles. The number of rotatable bonds is 5. The van der Waals surface area contributed by atoms with Gasteiger partial charge >= 0.3 is 0 Å². The first-order valence-electron chi connectivity index (χ1n) is 7.01. The monoisotopic (exact) mass is 404 g/mol. The maximum atomic E-state index is 12.5. The van der Waals surface area contributed by atoms with E-state index in [4.69, 9.17) is 0 Å². The van der Waals surface area contributed by atoms with Gasteiger partial charge in [-0.2, -0.15) is 9.40 Å². The Kier molecular flexibility index (Phi) is 4.98. The molecule has 0 N–H and O–H groups in total. The number of hydrogen-bond donors (Lipinski definition) is 0. The second kappa shape index (κ2) is 6.79. The van der Waals surface area contributed by atoms with Gasteiger partial charge in [0.2, 0.25) is 0 Å². The SMILES string of the molecule is O=S(=O)(c1ccc(Br)s1)N1CCN(CCn2cccn2)CC1. The van der Waals surface area contributed by atoms with E-state index < -0.39 is 10.0 Å². The highest BCUT2D eigenvalue weighted by Gasteiger charge is 2.29. The third kappa shape index (κ3) is 3.60. The lowest BCUT2D eigenvalue weighted by Crippen LogP contribution is -2.49. The number of aromatic nitrogens is 2. The molecular formula is C13H17BrN4O2S2. The van der Waals surface area contributed by atoms with Crippen LogP contribution >= 0.6 is 27.3 Å². The summed E-state index contributed by atoms with van der Waals surface area (Å²) in [4.78, 5) is 2.28. The highest BCUT2D eigenvalue weighted by Crippen LogP contribution is 2.28. The molecule has 0 atom stereocenters. The van der Waals surface area contributed by atoms with Crippen molar-refractivity contribution in [3.8, 4) is 0 Å². The van der Waals surface area contributed by atoms with Crippen molar-refractivity contribution in [2.24, 2.45) is 0 Å². The van der Waals surface area contributed by atoms with E-state index in [0.717, 1.165) is 30.0 Å². The van der Waals surface area contributed by atoms with E-state index in [-0.39, 0.29) is 0 Å². The third-order valence-electron chi connectivity index (χ3n) is 3.68. The highest BCUT2D eigenvalue weighted by atomic mass is 79.9. The van der Waals surface area contributed by atoms with Crippen LogP contribution in [0.3, 0.4) is 0 Å². The average Bonchev–Trinajstić information content (AvgIpc) is 3.17. The molecule has 0 aliphatic carbocycles. The zero-order chi connectivity index (χ0) is 15.6. The van der Waals surface area contributed by atoms with Crippen LogP contribution in [0.15, 0.2) is 38.6 Å². The van der Waals surface area contributed by atoms with Crippen LogP contribution in [0.5, 0.6) is 0 Å². The molecule has 1 fully saturated rings. The molecule has 0 bridgehead atoms. The minimum Gasteiger partial charge on any atom is -0.299 e. The summed E-state index contributed by atoms with van der Waals surface area (Å²) in [7, 11) is -3.35. The van der Waals surface area contributed by atoms with Gasteiger partial charge in [0.1, 0.15) is 4.21 Å². The molecule has 2 aromatic heterocycles. The lowest BCUT2D eigenvalue weighted by Gasteiger charge is -2.33. The summed E-state index contributed by atoms with van der Waals surface area (Å²) >= 11 is 4.58. The van der Waals surface area contributed by atoms with Gasteiger partial charge in [-0.15, -0.1) is 11.3 Å². The molecule has 2 aromatic rings. The number of halogens is 1. The minimum absolute atomic E-state index is 0.407. The summed E-state index contributed by atoms with van der Waals surface area (Å²) in [5.41, 5.74) is 0. The third-order valence-corrected chi connectivity index (χ3v) is 7.67. The van der Waals surface area contributed by atoms with E-state index in [9.17, 15) is 8.42 Å². The lowest BCUT2D eigenvalue weighted by molar-refractivity contribution is 0.181. The van der Waals surface area contributed by atoms with E-state index in [2.05, 4.69) is 25.9 Å². The summed E-state index contributed by atoms with van der Waals surface area (Å²) in [6.45, 7) is 4.31. The van der Waals surface area contributed by atoms with E-state index in [0.29, 0.717) is 17.3 Å². The largest absolute Gasteiger partial charge is 0.299 e. The van der Waals surface area contributed by atoms with Crippen LogP contribution in [0.2, 0.25) is 0 Å². The van der Waals surface area contributed by atoms with Crippen LogP contribution in [-0.4, -0.2) is 60.1 Å². The van der Waals surface area contributed by atoms with Gasteiger partial charge in [-0.3, -0.25) is 9.58 Å². The predicted molar refractivity (Wildman–Crippen MR) is 89.4 cm³/mol. The molecule has 0 saturated carbocycles. The normalized spacial score (nSPS) is 17.9. The van der Waals surface area contributed by atoms with Crippen molar-refractivity contribution in [2.45, 2.75) is 10.8 Å². The van der Waals surface area contributed by atoms with Gasteiger partial charge in [0.05, 0.1) is 10.3 Å². The Labute approximate surface area is 142 Å². The van der Waals surface area contributed by atoms with Gasteiger partial charge in [0.25, 0.3) is 10.0 Å². The number of piperazine rings is 1. The summed E-state index contributed by atoms with van der Waals surface area (Å²) in [5, 5.41) is 4.18. The van der Waals surface area contributed by atoms with Gasteiger partial charge in [-0.25, -0.2) is 8.42 Å². The summed E-state index contributed by atoms with van der Waals surface area (Å²) in [6, 6.07) is 5.34. The molecule has 6 nitrogen and oxygen atoms in total. The second-order valence-electron chi connectivity index (χ2n) is 5.07. The minimum atomic E-state index is -3.35. The van der Waals surface area contributed by atoms with E-state index >= 15 is 0 Å². The molecule has 120 valence electrons. The maximum Gasteiger partial charge on any atom is 0.252 e. The molecule has 0 amide bonds. The number of nitrogens with zero attached hydrogens (tertiary/aromatic N) is 4. The van der Waals surface area contributed by atoms with Gasteiger partial charge in [0.15, 0.2) is 0 Å². The van der Waals surface area contributed by atoms with Crippen LogP contribution < -0.4 is 0 Å². The fourth-order valence-corrected chi connectivity index (χ4v) is 6.02. The van der Waals surface area contributed by atoms with Gasteiger partial charge in [-0.05, 0) is 34.1 Å². The fourth-order valence-electron chi connectivity index (χ4n) is 2.43. The molecule has 1 aliphatic heterocycles. The van der Waals surface area contributed by atoms with Crippen LogP contribution in [-0.2, 0) is 16.6 Å². The van der Waals surface area contributed by atoms with Crippen molar-refractivity contribution in [3.05, 3.63) is 34.4 Å². The Morgan fingerprint density at radius 1 is 1.18 bits per heavy atom. The Morgan fingerprint density at radius 2 is 1.95 bits per heavy atom. The Hall–Kier alpha value is -0.740. The molecular weight excluding hydrogens is 388 g/mol. The highest BCUT2D eigenvalue weighted by molar-refractivity contribution is 9.11. The molecule has 3 rings (SSSR count). The first kappa shape index (κ1) is 16.1. The smallest absolute Gasteiger partial charge is 0.252 e. The van der Waals surface area contributed by atoms with Crippen LogP contribution in [0.4, 0.5) is 0 Å². The standard InChI is InChI=1S/C13H17BrN4O2S2/c14-12-2-3-13(21-12)22(19,20)18-10-7-16(8-11-18)6-9-17-5-1-4-15-17/h1-5H,6-11H2. The molecule has 0 spiro atoms. The topological polar surface area (TPSA) is 58.4 Å². The van der Waals surface area contributed by atoms with Crippen LogP contribution in [0.1, 0.15) is 0 Å². The summed E-state index contributed by atoms with van der Waals surface area (Å²) in [5.74, 6) is 0. The first-order chi connectivity index (χ1) is 10.6. The average molecular weight is 405 g/mol. The van der Waals surface area contributed by atoms with E-state index in [1.54, 1.807) is 22.6 Å². The number of thiophene rings is 1. The van der Waals surface area contributed by atoms with Crippen molar-refractivity contribution in [3.63, 3.8) is 0 Å². The fraction of sp³-hybridized carbons (Fsp3) is 0.462. The van der Waals surface area contributed by atoms with Crippen molar-refractivity contribution in [2.75, 3.05) is 32.7 Å². The number of hydrogen-bond acceptors (Lipinski definition) is 5. The van der Waals surface area contributed by atoms with Gasteiger partial charge in [0, 0.05) is 45.1 Å². The Balaban J connectivity index is 1.55. The molecule has 0 radical (unpaired) electrons. The van der Waals surface area contributed by atoms with E-state index in [1.807, 2.05) is 16.9 Å². The van der Waals surface area contributed by atoms with Gasteiger partial charge < -0.3 is 0 Å². The molecule has 9 heteroatoms. The molecule has 0 unspecified atom stereocenters. The van der Waals surface area contributed by atoms with Crippen molar-refractivity contribution in [1.82, 2.24) is 19.0 Å². The molecule has 3 heterocycles.